The Morgan fingerprint density at radius 2 is 2.17 bits per heavy atom. The van der Waals surface area contributed by atoms with Crippen molar-refractivity contribution in [2.75, 3.05) is 26.2 Å². The second-order valence-electron chi connectivity index (χ2n) is 5.81. The zero-order valence-electron chi connectivity index (χ0n) is 11.7. The summed E-state index contributed by atoms with van der Waals surface area (Å²) in [6, 6.07) is 0.907. The van der Waals surface area contributed by atoms with Gasteiger partial charge in [0.25, 0.3) is 0 Å². The number of likely N-dealkylation sites (tertiary alicyclic amines) is 1. The Hall–Kier alpha value is -0.610. The monoisotopic (exact) mass is 253 g/mol. The Balaban J connectivity index is 1.66. The normalized spacial score (nSPS) is 26.9. The van der Waals surface area contributed by atoms with E-state index in [-0.39, 0.29) is 5.91 Å². The van der Waals surface area contributed by atoms with E-state index in [9.17, 15) is 4.79 Å². The average molecular weight is 253 g/mol. The molecule has 2 N–H and O–H groups in total. The third-order valence-corrected chi connectivity index (χ3v) is 4.22. The summed E-state index contributed by atoms with van der Waals surface area (Å²) in [7, 11) is 0. The lowest BCUT2D eigenvalue weighted by molar-refractivity contribution is -0.120. The van der Waals surface area contributed by atoms with Crippen molar-refractivity contribution in [3.05, 3.63) is 0 Å². The highest BCUT2D eigenvalue weighted by Crippen LogP contribution is 2.20. The van der Waals surface area contributed by atoms with Crippen molar-refractivity contribution in [3.63, 3.8) is 0 Å². The van der Waals surface area contributed by atoms with Crippen LogP contribution in [0.2, 0.25) is 0 Å². The van der Waals surface area contributed by atoms with E-state index in [1.807, 2.05) is 0 Å². The zero-order chi connectivity index (χ0) is 13.0. The molecule has 2 rings (SSSR count). The molecule has 1 heterocycles. The maximum absolute atomic E-state index is 11.6. The van der Waals surface area contributed by atoms with Gasteiger partial charge in [-0.15, -0.1) is 0 Å². The van der Waals surface area contributed by atoms with Crippen molar-refractivity contribution in [2.45, 2.75) is 51.6 Å². The third-order valence-electron chi connectivity index (χ3n) is 4.22. The summed E-state index contributed by atoms with van der Waals surface area (Å²) < 4.78 is 0. The fraction of sp³-hybridized carbons (Fsp3) is 0.929. The van der Waals surface area contributed by atoms with Crippen LogP contribution in [-0.2, 0) is 4.79 Å². The van der Waals surface area contributed by atoms with E-state index in [4.69, 9.17) is 0 Å². The molecule has 0 aromatic carbocycles. The summed E-state index contributed by atoms with van der Waals surface area (Å²) in [6.45, 7) is 8.47. The molecule has 2 fully saturated rings. The van der Waals surface area contributed by atoms with Gasteiger partial charge in [0.2, 0.25) is 5.91 Å². The minimum atomic E-state index is 0.160. The largest absolute Gasteiger partial charge is 0.352 e. The van der Waals surface area contributed by atoms with Crippen LogP contribution in [0.15, 0.2) is 0 Å². The molecule has 0 radical (unpaired) electrons. The molecule has 1 amide bonds. The molecule has 2 unspecified atom stereocenters. The number of rotatable bonds is 6. The summed E-state index contributed by atoms with van der Waals surface area (Å²) >= 11 is 0. The Morgan fingerprint density at radius 1 is 1.39 bits per heavy atom. The Labute approximate surface area is 110 Å². The lowest BCUT2D eigenvalue weighted by Gasteiger charge is -2.35. The highest BCUT2D eigenvalue weighted by molar-refractivity contribution is 5.78. The first-order valence-corrected chi connectivity index (χ1v) is 7.44. The van der Waals surface area contributed by atoms with Gasteiger partial charge in [-0.1, -0.05) is 6.92 Å². The molecule has 18 heavy (non-hydrogen) atoms. The lowest BCUT2D eigenvalue weighted by Crippen LogP contribution is -2.47. The second kappa shape index (κ2) is 6.53. The van der Waals surface area contributed by atoms with Gasteiger partial charge in [-0.05, 0) is 51.6 Å². The van der Waals surface area contributed by atoms with Crippen LogP contribution >= 0.6 is 0 Å². The Bertz CT molecular complexity index is 278. The van der Waals surface area contributed by atoms with Crippen LogP contribution in [-0.4, -0.2) is 49.1 Å². The van der Waals surface area contributed by atoms with Gasteiger partial charge in [0, 0.05) is 18.6 Å². The van der Waals surface area contributed by atoms with Gasteiger partial charge in [-0.2, -0.15) is 0 Å². The molecule has 2 aliphatic rings. The molecular weight excluding hydrogens is 226 g/mol. The van der Waals surface area contributed by atoms with Gasteiger partial charge >= 0.3 is 0 Å². The van der Waals surface area contributed by atoms with E-state index in [0.29, 0.717) is 24.5 Å². The summed E-state index contributed by atoms with van der Waals surface area (Å²) in [5.74, 6) is 0.847. The number of nitrogens with one attached hydrogen (secondary N) is 2. The summed E-state index contributed by atoms with van der Waals surface area (Å²) in [4.78, 5) is 14.1. The number of hydrogen-bond acceptors (Lipinski definition) is 3. The first kappa shape index (κ1) is 13.8. The van der Waals surface area contributed by atoms with Crippen molar-refractivity contribution >= 4 is 5.91 Å². The quantitative estimate of drug-likeness (QED) is 0.741. The van der Waals surface area contributed by atoms with Gasteiger partial charge in [0.05, 0.1) is 6.54 Å². The molecule has 1 saturated heterocycles. The predicted molar refractivity (Wildman–Crippen MR) is 73.5 cm³/mol. The minimum absolute atomic E-state index is 0.160. The molecule has 0 aromatic rings. The Morgan fingerprint density at radius 3 is 2.83 bits per heavy atom. The smallest absolute Gasteiger partial charge is 0.234 e. The fourth-order valence-corrected chi connectivity index (χ4v) is 2.71. The third kappa shape index (κ3) is 4.25. The molecular formula is C14H27N3O. The van der Waals surface area contributed by atoms with Crippen molar-refractivity contribution < 1.29 is 4.79 Å². The van der Waals surface area contributed by atoms with Crippen molar-refractivity contribution in [1.29, 1.82) is 0 Å². The van der Waals surface area contributed by atoms with Crippen LogP contribution in [0.25, 0.3) is 0 Å². The summed E-state index contributed by atoms with van der Waals surface area (Å²) in [5.41, 5.74) is 0. The van der Waals surface area contributed by atoms with Gasteiger partial charge in [0.15, 0.2) is 0 Å². The first-order chi connectivity index (χ1) is 8.69. The van der Waals surface area contributed by atoms with Crippen LogP contribution in [0, 0.1) is 5.92 Å². The van der Waals surface area contributed by atoms with Crippen molar-refractivity contribution in [3.8, 4) is 0 Å². The zero-order valence-corrected chi connectivity index (χ0v) is 11.7. The number of amides is 1. The number of carbonyl (C=O) groups excluding carboxylic acids is 1. The van der Waals surface area contributed by atoms with Crippen molar-refractivity contribution in [1.82, 2.24) is 15.5 Å². The van der Waals surface area contributed by atoms with Crippen LogP contribution in [0.5, 0.6) is 0 Å². The summed E-state index contributed by atoms with van der Waals surface area (Å²) in [6.07, 6.45) is 4.90. The van der Waals surface area contributed by atoms with Crippen molar-refractivity contribution in [2.24, 2.45) is 5.92 Å². The maximum atomic E-state index is 11.6. The van der Waals surface area contributed by atoms with Crippen LogP contribution in [0.4, 0.5) is 0 Å². The van der Waals surface area contributed by atoms with Gasteiger partial charge < -0.3 is 15.5 Å². The van der Waals surface area contributed by atoms with Gasteiger partial charge in [-0.3, -0.25) is 4.79 Å². The van der Waals surface area contributed by atoms with E-state index in [2.05, 4.69) is 29.4 Å². The van der Waals surface area contributed by atoms with Crippen LogP contribution in [0.3, 0.4) is 0 Å². The van der Waals surface area contributed by atoms with E-state index in [1.54, 1.807) is 0 Å². The maximum Gasteiger partial charge on any atom is 0.234 e. The number of carbonyl (C=O) groups is 1. The molecule has 104 valence electrons. The first-order valence-electron chi connectivity index (χ1n) is 7.44. The van der Waals surface area contributed by atoms with Crippen LogP contribution in [0.1, 0.15) is 39.5 Å². The molecule has 0 aromatic heterocycles. The van der Waals surface area contributed by atoms with Crippen LogP contribution < -0.4 is 10.6 Å². The highest BCUT2D eigenvalue weighted by Gasteiger charge is 2.25. The number of hydrogen-bond donors (Lipinski definition) is 2. The second-order valence-corrected chi connectivity index (χ2v) is 5.81. The number of nitrogens with zero attached hydrogens (tertiary/aromatic N) is 1. The topological polar surface area (TPSA) is 44.4 Å². The van der Waals surface area contributed by atoms with E-state index < -0.39 is 0 Å². The van der Waals surface area contributed by atoms with E-state index in [1.165, 1.54) is 25.9 Å². The van der Waals surface area contributed by atoms with Gasteiger partial charge in [-0.25, -0.2) is 0 Å². The fourth-order valence-electron chi connectivity index (χ4n) is 2.71. The molecule has 1 aliphatic heterocycles. The van der Waals surface area contributed by atoms with E-state index >= 15 is 0 Å². The summed E-state index contributed by atoms with van der Waals surface area (Å²) in [5, 5.41) is 6.41. The molecule has 4 heteroatoms. The molecule has 0 spiro atoms. The molecule has 2 atom stereocenters. The average Bonchev–Trinajstić information content (AvgIpc) is 3.20. The molecule has 0 bridgehead atoms. The molecule has 1 saturated carbocycles. The number of piperidine rings is 1. The predicted octanol–water partition coefficient (Wildman–Crippen LogP) is 0.975. The minimum Gasteiger partial charge on any atom is -0.352 e. The molecule has 4 nitrogen and oxygen atoms in total. The Kier molecular flexibility index (Phi) is 5.01. The van der Waals surface area contributed by atoms with Gasteiger partial charge in [0.1, 0.15) is 0 Å². The SMILES string of the molecule is CCN1CCCC(C(C)NCC(=O)NC2CC2)C1. The lowest BCUT2D eigenvalue weighted by atomic mass is 9.91. The highest BCUT2D eigenvalue weighted by atomic mass is 16.2. The van der Waals surface area contributed by atoms with E-state index in [0.717, 1.165) is 19.4 Å². The standard InChI is InChI=1S/C14H27N3O/c1-3-17-8-4-5-12(10-17)11(2)15-9-14(18)16-13-6-7-13/h11-13,15H,3-10H2,1-2H3,(H,16,18). The molecule has 1 aliphatic carbocycles.